The summed E-state index contributed by atoms with van der Waals surface area (Å²) in [6, 6.07) is 10.6. The summed E-state index contributed by atoms with van der Waals surface area (Å²) in [5.41, 5.74) is 0.683. The van der Waals surface area contributed by atoms with Gasteiger partial charge in [0.25, 0.3) is 0 Å². The fourth-order valence-corrected chi connectivity index (χ4v) is 2.53. The van der Waals surface area contributed by atoms with E-state index < -0.39 is 5.54 Å². The van der Waals surface area contributed by atoms with Crippen LogP contribution in [0.25, 0.3) is 0 Å². The van der Waals surface area contributed by atoms with E-state index in [0.29, 0.717) is 12.5 Å². The smallest absolute Gasteiger partial charge is 0.143 e. The molecule has 0 heterocycles. The van der Waals surface area contributed by atoms with Crippen LogP contribution in [-0.2, 0) is 6.42 Å². The fraction of sp³-hybridized carbons (Fsp3) is 0.588. The molecule has 1 atom stereocenters. The minimum absolute atomic E-state index is 0.436. The lowest BCUT2D eigenvalue weighted by molar-refractivity contribution is 0.201. The van der Waals surface area contributed by atoms with Crippen LogP contribution in [-0.4, -0.2) is 18.7 Å². The predicted molar refractivity (Wildman–Crippen MR) is 80.7 cm³/mol. The quantitative estimate of drug-likeness (QED) is 0.789. The van der Waals surface area contributed by atoms with Gasteiger partial charge in [-0.3, -0.25) is 5.32 Å². The van der Waals surface area contributed by atoms with E-state index in [1.54, 1.807) is 0 Å². The summed E-state index contributed by atoms with van der Waals surface area (Å²) in [6.45, 7) is 5.54. The van der Waals surface area contributed by atoms with E-state index in [4.69, 9.17) is 4.74 Å². The summed E-state index contributed by atoms with van der Waals surface area (Å²) in [5, 5.41) is 13.0. The molecule has 1 unspecified atom stereocenters. The molecule has 1 saturated carbocycles. The van der Waals surface area contributed by atoms with Crippen LogP contribution in [0.15, 0.2) is 24.3 Å². The summed E-state index contributed by atoms with van der Waals surface area (Å²) < 4.78 is 6.00. The van der Waals surface area contributed by atoms with Gasteiger partial charge in [-0.2, -0.15) is 5.26 Å². The Kier molecular flexibility index (Phi) is 5.03. The Balaban J connectivity index is 2.07. The summed E-state index contributed by atoms with van der Waals surface area (Å²) in [5.74, 6) is 1.35. The van der Waals surface area contributed by atoms with Crippen molar-refractivity contribution in [2.24, 2.45) is 5.92 Å². The van der Waals surface area contributed by atoms with Gasteiger partial charge in [-0.1, -0.05) is 32.0 Å². The van der Waals surface area contributed by atoms with E-state index in [2.05, 4.69) is 31.3 Å². The summed E-state index contributed by atoms with van der Waals surface area (Å²) in [6.07, 6.45) is 4.23. The average Bonchev–Trinajstić information content (AvgIpc) is 3.33. The molecule has 0 aliphatic heterocycles. The first kappa shape index (κ1) is 14.9. The Morgan fingerprint density at radius 3 is 2.70 bits per heavy atom. The van der Waals surface area contributed by atoms with E-state index in [9.17, 15) is 5.26 Å². The van der Waals surface area contributed by atoms with Crippen molar-refractivity contribution in [3.63, 3.8) is 0 Å². The van der Waals surface area contributed by atoms with Gasteiger partial charge in [0.15, 0.2) is 0 Å². The molecule has 1 aromatic carbocycles. The number of ether oxygens (including phenoxy) is 1. The number of hydrogen-bond acceptors (Lipinski definition) is 3. The molecule has 1 fully saturated rings. The number of nitrogens with zero attached hydrogens (tertiary/aromatic N) is 1. The van der Waals surface area contributed by atoms with E-state index in [0.717, 1.165) is 38.0 Å². The minimum Gasteiger partial charge on any atom is -0.490 e. The third-order valence-electron chi connectivity index (χ3n) is 3.97. The van der Waals surface area contributed by atoms with Crippen molar-refractivity contribution in [3.05, 3.63) is 29.8 Å². The maximum absolute atomic E-state index is 9.63. The lowest BCUT2D eigenvalue weighted by Crippen LogP contribution is -2.51. The lowest BCUT2D eigenvalue weighted by atomic mass is 9.96. The van der Waals surface area contributed by atoms with Crippen LogP contribution >= 0.6 is 0 Å². The molecule has 1 aliphatic carbocycles. The summed E-state index contributed by atoms with van der Waals surface area (Å²) in [7, 11) is 0. The summed E-state index contributed by atoms with van der Waals surface area (Å²) in [4.78, 5) is 0. The molecule has 20 heavy (non-hydrogen) atoms. The first-order valence-corrected chi connectivity index (χ1v) is 7.62. The molecule has 1 N–H and O–H groups in total. The first-order chi connectivity index (χ1) is 9.75. The van der Waals surface area contributed by atoms with Crippen molar-refractivity contribution in [3.8, 4) is 11.8 Å². The molecule has 1 aliphatic rings. The molecule has 1 aromatic rings. The summed E-state index contributed by atoms with van der Waals surface area (Å²) >= 11 is 0. The van der Waals surface area contributed by atoms with Crippen molar-refractivity contribution in [2.75, 3.05) is 13.2 Å². The zero-order valence-electron chi connectivity index (χ0n) is 12.5. The van der Waals surface area contributed by atoms with Crippen LogP contribution in [0, 0.1) is 17.2 Å². The average molecular weight is 272 g/mol. The Morgan fingerprint density at radius 1 is 1.35 bits per heavy atom. The second-order valence-corrected chi connectivity index (χ2v) is 5.53. The molecular weight excluding hydrogens is 248 g/mol. The van der Waals surface area contributed by atoms with Gasteiger partial charge < -0.3 is 4.74 Å². The Morgan fingerprint density at radius 2 is 2.10 bits per heavy atom. The molecule has 0 bridgehead atoms. The van der Waals surface area contributed by atoms with E-state index in [-0.39, 0.29) is 0 Å². The standard InChI is InChI=1S/C17H24N2O/c1-3-11-19-17(12-18,15-9-10-15)13-20-16-8-6-5-7-14(16)4-2/h5-8,15,19H,3-4,9-11,13H2,1-2H3. The van der Waals surface area contributed by atoms with Crippen LogP contribution in [0.5, 0.6) is 5.75 Å². The minimum atomic E-state index is -0.517. The Bertz CT molecular complexity index is 476. The van der Waals surface area contributed by atoms with Crippen molar-refractivity contribution in [2.45, 2.75) is 45.1 Å². The van der Waals surface area contributed by atoms with Crippen molar-refractivity contribution >= 4 is 0 Å². The Hall–Kier alpha value is -1.53. The number of para-hydroxylation sites is 1. The van der Waals surface area contributed by atoms with Crippen LogP contribution in [0.4, 0.5) is 0 Å². The molecule has 2 rings (SSSR count). The van der Waals surface area contributed by atoms with E-state index in [1.807, 2.05) is 18.2 Å². The van der Waals surface area contributed by atoms with Crippen molar-refractivity contribution < 1.29 is 4.74 Å². The van der Waals surface area contributed by atoms with E-state index >= 15 is 0 Å². The second-order valence-electron chi connectivity index (χ2n) is 5.53. The predicted octanol–water partition coefficient (Wildman–Crippen LogP) is 3.30. The van der Waals surface area contributed by atoms with E-state index in [1.165, 1.54) is 5.56 Å². The first-order valence-electron chi connectivity index (χ1n) is 7.62. The van der Waals surface area contributed by atoms with Gasteiger partial charge in [0.2, 0.25) is 0 Å². The van der Waals surface area contributed by atoms with Gasteiger partial charge >= 0.3 is 0 Å². The number of benzene rings is 1. The normalized spacial score (nSPS) is 17.2. The zero-order chi connectivity index (χ0) is 14.4. The van der Waals surface area contributed by atoms with Gasteiger partial charge in [-0.05, 0) is 49.8 Å². The molecule has 3 nitrogen and oxygen atoms in total. The highest BCUT2D eigenvalue weighted by molar-refractivity contribution is 5.33. The topological polar surface area (TPSA) is 45.0 Å². The van der Waals surface area contributed by atoms with Crippen LogP contribution in [0.3, 0.4) is 0 Å². The SMILES string of the molecule is CCCNC(C#N)(COc1ccccc1CC)C1CC1. The molecular formula is C17H24N2O. The number of rotatable bonds is 8. The molecule has 108 valence electrons. The molecule has 3 heteroatoms. The third kappa shape index (κ3) is 3.32. The van der Waals surface area contributed by atoms with Crippen molar-refractivity contribution in [1.29, 1.82) is 5.26 Å². The molecule has 0 amide bonds. The fourth-order valence-electron chi connectivity index (χ4n) is 2.53. The highest BCUT2D eigenvalue weighted by Gasteiger charge is 2.46. The second kappa shape index (κ2) is 6.76. The van der Waals surface area contributed by atoms with Gasteiger partial charge in [-0.25, -0.2) is 0 Å². The van der Waals surface area contributed by atoms with Crippen LogP contribution in [0.2, 0.25) is 0 Å². The highest BCUT2D eigenvalue weighted by atomic mass is 16.5. The Labute approximate surface area is 121 Å². The van der Waals surface area contributed by atoms with Crippen LogP contribution in [0.1, 0.15) is 38.7 Å². The lowest BCUT2D eigenvalue weighted by Gasteiger charge is -2.28. The molecule has 0 radical (unpaired) electrons. The maximum Gasteiger partial charge on any atom is 0.143 e. The molecule has 0 aromatic heterocycles. The third-order valence-corrected chi connectivity index (χ3v) is 3.97. The van der Waals surface area contributed by atoms with Gasteiger partial charge in [0.05, 0.1) is 6.07 Å². The molecule has 0 saturated heterocycles. The van der Waals surface area contributed by atoms with Crippen molar-refractivity contribution in [1.82, 2.24) is 5.32 Å². The number of aryl methyl sites for hydroxylation is 1. The molecule has 0 spiro atoms. The van der Waals surface area contributed by atoms with Crippen LogP contribution < -0.4 is 10.1 Å². The zero-order valence-corrected chi connectivity index (χ0v) is 12.5. The maximum atomic E-state index is 9.63. The highest BCUT2D eigenvalue weighted by Crippen LogP contribution is 2.40. The number of nitriles is 1. The largest absolute Gasteiger partial charge is 0.490 e. The monoisotopic (exact) mass is 272 g/mol. The number of nitrogens with one attached hydrogen (secondary N) is 1. The van der Waals surface area contributed by atoms with Gasteiger partial charge in [-0.15, -0.1) is 0 Å². The van der Waals surface area contributed by atoms with Gasteiger partial charge in [0, 0.05) is 0 Å². The van der Waals surface area contributed by atoms with Gasteiger partial charge in [0.1, 0.15) is 17.9 Å². The number of hydrogen-bond donors (Lipinski definition) is 1.